The highest BCUT2D eigenvalue weighted by molar-refractivity contribution is 6.01. The van der Waals surface area contributed by atoms with Crippen molar-refractivity contribution >= 4 is 23.5 Å². The third-order valence-corrected chi connectivity index (χ3v) is 5.99. The fraction of sp³-hybridized carbons (Fsp3) is 0.292. The maximum Gasteiger partial charge on any atom is 0.416 e. The van der Waals surface area contributed by atoms with Gasteiger partial charge in [0.15, 0.2) is 0 Å². The highest BCUT2D eigenvalue weighted by Crippen LogP contribution is 2.32. The fourth-order valence-corrected chi connectivity index (χ4v) is 4.20. The molecule has 0 spiro atoms. The van der Waals surface area contributed by atoms with E-state index in [0.29, 0.717) is 24.1 Å². The molecule has 0 saturated carbocycles. The van der Waals surface area contributed by atoms with E-state index >= 15 is 0 Å². The first-order chi connectivity index (χ1) is 16.0. The molecule has 4 rings (SSSR count). The minimum Gasteiger partial charge on any atom is -0.329 e. The van der Waals surface area contributed by atoms with Crippen LogP contribution in [0, 0.1) is 0 Å². The zero-order valence-electron chi connectivity index (χ0n) is 18.4. The van der Waals surface area contributed by atoms with Crippen LogP contribution in [-0.4, -0.2) is 40.7 Å². The Morgan fingerprint density at radius 2 is 1.97 bits per heavy atom. The normalized spacial score (nSPS) is 17.9. The van der Waals surface area contributed by atoms with E-state index in [4.69, 9.17) is 0 Å². The van der Waals surface area contributed by atoms with Crippen LogP contribution in [0.25, 0.3) is 0 Å². The number of nitrogens with zero attached hydrogens (tertiary/aromatic N) is 2. The summed E-state index contributed by atoms with van der Waals surface area (Å²) in [5.41, 5.74) is 1.71. The van der Waals surface area contributed by atoms with Crippen molar-refractivity contribution in [3.8, 4) is 0 Å². The van der Waals surface area contributed by atoms with Crippen molar-refractivity contribution in [1.29, 1.82) is 0 Å². The molecule has 7 nitrogen and oxygen atoms in total. The number of piperidine rings is 1. The topological polar surface area (TPSA) is 81.8 Å². The number of carbonyl (C=O) groups excluding carboxylic acids is 3. The summed E-state index contributed by atoms with van der Waals surface area (Å²) in [6, 6.07) is 8.38. The minimum absolute atomic E-state index is 0.0243. The zero-order valence-corrected chi connectivity index (χ0v) is 18.4. The molecule has 2 aliphatic rings. The molecule has 2 aliphatic heterocycles. The average molecular weight is 472 g/mol. The molecule has 2 N–H and O–H groups in total. The van der Waals surface area contributed by atoms with E-state index in [2.05, 4.69) is 17.2 Å². The molecular weight excluding hydrogens is 449 g/mol. The molecule has 178 valence electrons. The van der Waals surface area contributed by atoms with Crippen molar-refractivity contribution in [2.75, 3.05) is 12.4 Å². The number of benzene rings is 2. The molecule has 1 fully saturated rings. The van der Waals surface area contributed by atoms with Gasteiger partial charge in [0.1, 0.15) is 6.04 Å². The van der Waals surface area contributed by atoms with Crippen LogP contribution in [-0.2, 0) is 24.1 Å². The Balaban J connectivity index is 1.47. The first-order valence-electron chi connectivity index (χ1n) is 10.6. The number of carbonyl (C=O) groups is 3. The predicted octanol–water partition coefficient (Wildman–Crippen LogP) is 4.12. The van der Waals surface area contributed by atoms with Gasteiger partial charge in [0.25, 0.3) is 5.91 Å². The van der Waals surface area contributed by atoms with E-state index in [0.717, 1.165) is 23.3 Å². The molecule has 2 aromatic rings. The minimum atomic E-state index is -4.52. The average Bonchev–Trinajstić information content (AvgIpc) is 3.11. The Hall–Kier alpha value is -3.82. The van der Waals surface area contributed by atoms with Crippen molar-refractivity contribution in [3.63, 3.8) is 0 Å². The number of amides is 4. The lowest BCUT2D eigenvalue weighted by atomic mass is 10.0. The molecular formula is C24H23F3N4O3. The van der Waals surface area contributed by atoms with Crippen LogP contribution in [0.2, 0.25) is 0 Å². The summed E-state index contributed by atoms with van der Waals surface area (Å²) in [6.45, 7) is 4.12. The Morgan fingerprint density at radius 1 is 1.24 bits per heavy atom. The molecule has 4 amide bonds. The first-order valence-corrected chi connectivity index (χ1v) is 10.6. The maximum absolute atomic E-state index is 13.0. The van der Waals surface area contributed by atoms with Crippen LogP contribution in [0.15, 0.2) is 54.7 Å². The van der Waals surface area contributed by atoms with Gasteiger partial charge >= 0.3 is 12.2 Å². The summed E-state index contributed by atoms with van der Waals surface area (Å²) < 4.78 is 38.8. The van der Waals surface area contributed by atoms with Crippen molar-refractivity contribution < 1.29 is 27.6 Å². The van der Waals surface area contributed by atoms with Crippen molar-refractivity contribution in [3.05, 3.63) is 77.0 Å². The number of nitrogens with one attached hydrogen (secondary N) is 2. The summed E-state index contributed by atoms with van der Waals surface area (Å²) in [5, 5.41) is 5.16. The van der Waals surface area contributed by atoms with E-state index < -0.39 is 23.8 Å². The van der Waals surface area contributed by atoms with Crippen LogP contribution in [0.3, 0.4) is 0 Å². The van der Waals surface area contributed by atoms with Gasteiger partial charge in [-0.2, -0.15) is 13.2 Å². The van der Waals surface area contributed by atoms with Gasteiger partial charge in [-0.05, 0) is 48.2 Å². The van der Waals surface area contributed by atoms with Gasteiger partial charge in [-0.25, -0.2) is 4.79 Å². The second kappa shape index (κ2) is 8.85. The van der Waals surface area contributed by atoms with Crippen LogP contribution in [0.5, 0.6) is 0 Å². The van der Waals surface area contributed by atoms with Crippen LogP contribution in [0.1, 0.15) is 39.9 Å². The largest absolute Gasteiger partial charge is 0.416 e. The van der Waals surface area contributed by atoms with Crippen LogP contribution >= 0.6 is 0 Å². The molecule has 1 atom stereocenters. The monoisotopic (exact) mass is 472 g/mol. The number of halogens is 3. The highest BCUT2D eigenvalue weighted by Gasteiger charge is 2.39. The van der Waals surface area contributed by atoms with E-state index in [1.807, 2.05) is 0 Å². The number of hydrogen-bond donors (Lipinski definition) is 2. The Bertz CT molecular complexity index is 1180. The van der Waals surface area contributed by atoms with Gasteiger partial charge in [-0.1, -0.05) is 24.8 Å². The number of anilines is 1. The summed E-state index contributed by atoms with van der Waals surface area (Å²) in [6.07, 6.45) is -3.45. The second-order valence-electron chi connectivity index (χ2n) is 8.39. The Labute approximate surface area is 194 Å². The lowest BCUT2D eigenvalue weighted by Crippen LogP contribution is -2.49. The molecule has 34 heavy (non-hydrogen) atoms. The summed E-state index contributed by atoms with van der Waals surface area (Å²) in [5.74, 6) is -0.517. The second-order valence-corrected chi connectivity index (χ2v) is 8.39. The quantitative estimate of drug-likeness (QED) is 0.703. The number of rotatable bonds is 4. The van der Waals surface area contributed by atoms with Gasteiger partial charge in [0, 0.05) is 37.1 Å². The smallest absolute Gasteiger partial charge is 0.329 e. The number of hydrogen-bond acceptors (Lipinski definition) is 3. The first kappa shape index (κ1) is 23.3. The lowest BCUT2D eigenvalue weighted by Gasteiger charge is -2.31. The fourth-order valence-electron chi connectivity index (χ4n) is 4.20. The Kier molecular flexibility index (Phi) is 6.07. The predicted molar refractivity (Wildman–Crippen MR) is 119 cm³/mol. The Morgan fingerprint density at radius 3 is 2.68 bits per heavy atom. The van der Waals surface area contributed by atoms with Gasteiger partial charge in [-0.15, -0.1) is 0 Å². The summed E-state index contributed by atoms with van der Waals surface area (Å²) in [7, 11) is 1.51. The van der Waals surface area contributed by atoms with Gasteiger partial charge < -0.3 is 20.4 Å². The maximum atomic E-state index is 13.0. The third-order valence-electron chi connectivity index (χ3n) is 5.99. The third kappa shape index (κ3) is 4.61. The number of urea groups is 1. The van der Waals surface area contributed by atoms with Gasteiger partial charge in [0.2, 0.25) is 5.91 Å². The molecule has 0 aromatic heterocycles. The molecule has 0 radical (unpaired) electrons. The zero-order chi connectivity index (χ0) is 24.6. The highest BCUT2D eigenvalue weighted by atomic mass is 19.4. The van der Waals surface area contributed by atoms with Crippen molar-refractivity contribution in [1.82, 2.24) is 15.1 Å². The summed E-state index contributed by atoms with van der Waals surface area (Å²) in [4.78, 5) is 40.9. The van der Waals surface area contributed by atoms with E-state index in [1.165, 1.54) is 29.0 Å². The standard InChI is InChI=1S/C24H23F3N4O3/c1-14-9-10-20(21(32)28-14)31-13-19-15(5-3-8-18(19)22(31)33)12-30(2)23(34)29-17-7-4-6-16(11-17)24(25,26)27/h3-8,11,20H,1,9-10,12-13H2,2H3,(H,28,32)(H,29,34). The number of allylic oxidation sites excluding steroid dienone is 1. The van der Waals surface area contributed by atoms with Gasteiger partial charge in [-0.3, -0.25) is 9.59 Å². The van der Waals surface area contributed by atoms with E-state index in [-0.39, 0.29) is 30.6 Å². The van der Waals surface area contributed by atoms with Crippen LogP contribution in [0.4, 0.5) is 23.7 Å². The molecule has 1 saturated heterocycles. The SMILES string of the molecule is C=C1CCC(N2Cc3c(CN(C)C(=O)Nc4cccc(C(F)(F)F)c4)cccc3C2=O)C(=O)N1. The molecule has 2 aromatic carbocycles. The molecule has 1 unspecified atom stereocenters. The van der Waals surface area contributed by atoms with E-state index in [9.17, 15) is 27.6 Å². The van der Waals surface area contributed by atoms with Crippen LogP contribution < -0.4 is 10.6 Å². The molecule has 10 heteroatoms. The van der Waals surface area contributed by atoms with Gasteiger partial charge in [0.05, 0.1) is 5.56 Å². The lowest BCUT2D eigenvalue weighted by molar-refractivity contribution is -0.137. The van der Waals surface area contributed by atoms with Crippen molar-refractivity contribution in [2.45, 2.75) is 38.1 Å². The number of alkyl halides is 3. The molecule has 0 aliphatic carbocycles. The summed E-state index contributed by atoms with van der Waals surface area (Å²) >= 11 is 0. The molecule has 0 bridgehead atoms. The van der Waals surface area contributed by atoms with E-state index in [1.54, 1.807) is 18.2 Å². The number of fused-ring (bicyclic) bond motifs is 1. The van der Waals surface area contributed by atoms with Crippen molar-refractivity contribution in [2.24, 2.45) is 0 Å². The molecule has 2 heterocycles.